The summed E-state index contributed by atoms with van der Waals surface area (Å²) in [6.07, 6.45) is 9.12. The van der Waals surface area contributed by atoms with Gasteiger partial charge in [0.1, 0.15) is 6.54 Å². The quantitative estimate of drug-likeness (QED) is 0.444. The zero-order valence-electron chi connectivity index (χ0n) is 21.1. The molecule has 0 aromatic carbocycles. The van der Waals surface area contributed by atoms with Crippen molar-refractivity contribution in [2.24, 2.45) is 46.3 Å². The van der Waals surface area contributed by atoms with Gasteiger partial charge in [-0.15, -0.1) is 0 Å². The number of fused-ring (bicyclic) bond motifs is 5. The van der Waals surface area contributed by atoms with E-state index in [0.29, 0.717) is 41.9 Å². The molecule has 183 valence electrons. The first-order valence-corrected chi connectivity index (χ1v) is 12.9. The molecule has 7 heteroatoms. The Balaban J connectivity index is 0.00000306. The molecule has 33 heavy (non-hydrogen) atoms. The molecule has 4 aliphatic carbocycles. The number of hydrogen-bond acceptors (Lipinski definition) is 4. The number of nitrogens with one attached hydrogen (secondary N) is 1. The second-order valence-corrected chi connectivity index (χ2v) is 12.1. The molecule has 1 amide bonds. The van der Waals surface area contributed by atoms with Gasteiger partial charge in [0.15, 0.2) is 0 Å². The largest absolute Gasteiger partial charge is 0.480 e. The summed E-state index contributed by atoms with van der Waals surface area (Å²) in [5.74, 6) is 1.84. The fraction of sp³-hybridized carbons (Fsp3) is 0.923. The van der Waals surface area contributed by atoms with Crippen LogP contribution in [-0.2, 0) is 9.59 Å². The van der Waals surface area contributed by atoms with Gasteiger partial charge in [-0.25, -0.2) is 0 Å². The van der Waals surface area contributed by atoms with Crippen molar-refractivity contribution in [1.29, 1.82) is 0 Å². The molecule has 4 fully saturated rings. The molecular formula is C26H43NNaO5. The second kappa shape index (κ2) is 10.5. The maximum atomic E-state index is 12.0. The normalized spacial score (nSPS) is 45.1. The van der Waals surface area contributed by atoms with Gasteiger partial charge in [-0.1, -0.05) is 20.8 Å². The van der Waals surface area contributed by atoms with Crippen LogP contribution in [-0.4, -0.2) is 75.5 Å². The van der Waals surface area contributed by atoms with E-state index in [1.807, 2.05) is 0 Å². The average Bonchev–Trinajstić information content (AvgIpc) is 3.10. The van der Waals surface area contributed by atoms with E-state index in [2.05, 4.69) is 26.1 Å². The van der Waals surface area contributed by atoms with E-state index in [9.17, 15) is 19.8 Å². The molecule has 0 unspecified atom stereocenters. The summed E-state index contributed by atoms with van der Waals surface area (Å²) < 4.78 is 0. The summed E-state index contributed by atoms with van der Waals surface area (Å²) in [5.41, 5.74) is 0.145. The summed E-state index contributed by atoms with van der Waals surface area (Å²) in [6, 6.07) is 0. The van der Waals surface area contributed by atoms with Crippen LogP contribution in [0.5, 0.6) is 0 Å². The van der Waals surface area contributed by atoms with E-state index in [0.717, 1.165) is 44.9 Å². The number of rotatable bonds is 6. The van der Waals surface area contributed by atoms with Gasteiger partial charge in [0, 0.05) is 36.0 Å². The molecule has 4 saturated carbocycles. The van der Waals surface area contributed by atoms with Gasteiger partial charge >= 0.3 is 5.97 Å². The van der Waals surface area contributed by atoms with Crippen LogP contribution in [0.2, 0.25) is 0 Å². The number of aliphatic carboxylic acids is 1. The van der Waals surface area contributed by atoms with Gasteiger partial charge in [0.2, 0.25) is 5.91 Å². The third kappa shape index (κ3) is 4.94. The molecule has 10 atom stereocenters. The summed E-state index contributed by atoms with van der Waals surface area (Å²) >= 11 is 0. The monoisotopic (exact) mass is 472 g/mol. The SMILES string of the molecule is C[C@H](CCC(=O)NCC(=O)O)[C@H]1CC[C@H]2[C@@H]3CC[C@@H]4C[C@H](O)CC[C@]4(C)[C@H]3C[C@H](O)[C@]12C.[Na]. The Kier molecular flexibility index (Phi) is 8.70. The molecule has 0 bridgehead atoms. The summed E-state index contributed by atoms with van der Waals surface area (Å²) in [4.78, 5) is 22.7. The molecule has 4 N–H and O–H groups in total. The Bertz CT molecular complexity index is 733. The maximum Gasteiger partial charge on any atom is 0.322 e. The Morgan fingerprint density at radius 1 is 1.03 bits per heavy atom. The first-order chi connectivity index (χ1) is 15.1. The second-order valence-electron chi connectivity index (χ2n) is 12.1. The molecule has 0 heterocycles. The number of aliphatic hydroxyl groups is 2. The van der Waals surface area contributed by atoms with E-state index < -0.39 is 5.97 Å². The van der Waals surface area contributed by atoms with Gasteiger partial charge in [-0.2, -0.15) is 0 Å². The first-order valence-electron chi connectivity index (χ1n) is 12.9. The van der Waals surface area contributed by atoms with Crippen LogP contribution in [0, 0.1) is 46.3 Å². The van der Waals surface area contributed by atoms with Gasteiger partial charge in [0.25, 0.3) is 0 Å². The maximum absolute atomic E-state index is 12.0. The third-order valence-electron chi connectivity index (χ3n) is 10.8. The Labute approximate surface area is 221 Å². The minimum atomic E-state index is -1.02. The predicted octanol–water partition coefficient (Wildman–Crippen LogP) is 3.21. The summed E-state index contributed by atoms with van der Waals surface area (Å²) in [5, 5.41) is 33.0. The van der Waals surface area contributed by atoms with E-state index in [-0.39, 0.29) is 65.0 Å². The van der Waals surface area contributed by atoms with E-state index in [1.165, 1.54) is 12.8 Å². The summed E-state index contributed by atoms with van der Waals surface area (Å²) in [6.45, 7) is 6.65. The van der Waals surface area contributed by atoms with Crippen LogP contribution in [0.3, 0.4) is 0 Å². The van der Waals surface area contributed by atoms with E-state index >= 15 is 0 Å². The molecule has 6 nitrogen and oxygen atoms in total. The topological polar surface area (TPSA) is 107 Å². The first kappa shape index (κ1) is 27.4. The third-order valence-corrected chi connectivity index (χ3v) is 10.8. The van der Waals surface area contributed by atoms with Crippen molar-refractivity contribution in [3.8, 4) is 0 Å². The molecule has 0 aliphatic heterocycles. The van der Waals surface area contributed by atoms with Gasteiger partial charge in [-0.3, -0.25) is 9.59 Å². The number of carboxylic acids is 1. The number of carbonyl (C=O) groups is 2. The van der Waals surface area contributed by atoms with Crippen LogP contribution in [0.4, 0.5) is 0 Å². The Hall–Kier alpha value is -0.140. The fourth-order valence-corrected chi connectivity index (χ4v) is 8.98. The molecule has 0 spiro atoms. The number of carbonyl (C=O) groups excluding carboxylic acids is 1. The number of hydrogen-bond donors (Lipinski definition) is 4. The van der Waals surface area contributed by atoms with E-state index in [1.54, 1.807) is 0 Å². The molecule has 0 aromatic rings. The van der Waals surface area contributed by atoms with Crippen LogP contribution in [0.15, 0.2) is 0 Å². The number of carboxylic acid groups (broad SMARTS) is 1. The number of aliphatic hydroxyl groups excluding tert-OH is 2. The van der Waals surface area contributed by atoms with Gasteiger partial charge in [0.05, 0.1) is 12.2 Å². The van der Waals surface area contributed by atoms with Crippen LogP contribution >= 0.6 is 0 Å². The van der Waals surface area contributed by atoms with Crippen molar-refractivity contribution < 1.29 is 24.9 Å². The molecule has 0 aromatic heterocycles. The predicted molar refractivity (Wildman–Crippen MR) is 127 cm³/mol. The molecular weight excluding hydrogens is 429 g/mol. The minimum absolute atomic E-state index is 0. The van der Waals surface area contributed by atoms with E-state index in [4.69, 9.17) is 5.11 Å². The van der Waals surface area contributed by atoms with Crippen LogP contribution in [0.25, 0.3) is 0 Å². The standard InChI is InChI=1S/C26H43NO5.Na/c1-15(4-9-23(30)27-14-24(31)32)19-7-8-20-18-6-5-16-12-17(28)10-11-25(16,2)21(18)13-22(29)26(19,20)3;/h15-22,28-29H,4-14H2,1-3H3,(H,27,30)(H,31,32);/t15-,16-,17-,18+,19-,20+,21+,22+,25+,26-;/m1./s1. The van der Waals surface area contributed by atoms with Crippen molar-refractivity contribution in [2.45, 2.75) is 97.2 Å². The summed E-state index contributed by atoms with van der Waals surface area (Å²) in [7, 11) is 0. The zero-order valence-corrected chi connectivity index (χ0v) is 23.1. The molecule has 4 aliphatic rings. The van der Waals surface area contributed by atoms with Crippen molar-refractivity contribution >= 4 is 41.4 Å². The van der Waals surface area contributed by atoms with Gasteiger partial charge < -0.3 is 20.6 Å². The molecule has 4 rings (SSSR count). The van der Waals surface area contributed by atoms with Gasteiger partial charge in [-0.05, 0) is 104 Å². The van der Waals surface area contributed by atoms with Crippen molar-refractivity contribution in [3.63, 3.8) is 0 Å². The Morgan fingerprint density at radius 3 is 2.45 bits per heavy atom. The van der Waals surface area contributed by atoms with Crippen molar-refractivity contribution in [1.82, 2.24) is 5.32 Å². The zero-order chi connectivity index (χ0) is 23.3. The van der Waals surface area contributed by atoms with Crippen molar-refractivity contribution in [3.05, 3.63) is 0 Å². The van der Waals surface area contributed by atoms with Crippen LogP contribution < -0.4 is 5.32 Å². The fourth-order valence-electron chi connectivity index (χ4n) is 8.98. The number of amides is 1. The minimum Gasteiger partial charge on any atom is -0.480 e. The smallest absolute Gasteiger partial charge is 0.322 e. The molecule has 1 radical (unpaired) electrons. The van der Waals surface area contributed by atoms with Crippen LogP contribution in [0.1, 0.15) is 85.0 Å². The average molecular weight is 473 g/mol. The molecule has 0 saturated heterocycles. The Morgan fingerprint density at radius 2 is 1.76 bits per heavy atom. The van der Waals surface area contributed by atoms with Crippen molar-refractivity contribution in [2.75, 3.05) is 6.54 Å².